The van der Waals surface area contributed by atoms with Gasteiger partial charge < -0.3 is 9.84 Å². The number of hydrogen-bond acceptors (Lipinski definition) is 3. The number of halogens is 2. The minimum atomic E-state index is -2.83. The highest BCUT2D eigenvalue weighted by atomic mass is 19.3. The topological polar surface area (TPSA) is 42.4 Å². The first-order valence-electron chi connectivity index (χ1n) is 3.73. The summed E-state index contributed by atoms with van der Waals surface area (Å²) < 4.78 is 27.4. The molecule has 0 radical (unpaired) electrons. The molecular formula is C8H9F2NO2. The lowest BCUT2D eigenvalue weighted by Crippen LogP contribution is -2.02. The number of aliphatic hydroxyl groups excluding tert-OH is 1. The Morgan fingerprint density at radius 3 is 2.69 bits per heavy atom. The predicted octanol–water partition coefficient (Wildman–Crippen LogP) is 1.22. The number of ether oxygens (including phenoxy) is 1. The Morgan fingerprint density at radius 1 is 1.46 bits per heavy atom. The van der Waals surface area contributed by atoms with Crippen molar-refractivity contribution in [3.8, 4) is 5.75 Å². The maximum Gasteiger partial charge on any atom is 0.387 e. The van der Waals surface area contributed by atoms with Gasteiger partial charge in [-0.25, -0.2) is 0 Å². The van der Waals surface area contributed by atoms with E-state index in [0.717, 1.165) is 0 Å². The van der Waals surface area contributed by atoms with E-state index in [0.29, 0.717) is 12.1 Å². The number of alkyl halides is 2. The maximum absolute atomic E-state index is 11.7. The van der Waals surface area contributed by atoms with Crippen LogP contribution in [-0.2, 0) is 6.42 Å². The second kappa shape index (κ2) is 4.71. The second-order valence-corrected chi connectivity index (χ2v) is 2.34. The highest BCUT2D eigenvalue weighted by Crippen LogP contribution is 2.12. The summed E-state index contributed by atoms with van der Waals surface area (Å²) >= 11 is 0. The normalized spacial score (nSPS) is 10.5. The molecule has 13 heavy (non-hydrogen) atoms. The van der Waals surface area contributed by atoms with Crippen molar-refractivity contribution in [2.75, 3.05) is 6.61 Å². The summed E-state index contributed by atoms with van der Waals surface area (Å²) in [5.41, 5.74) is 0.643. The number of nitrogens with zero attached hydrogens (tertiary/aromatic N) is 1. The first-order chi connectivity index (χ1) is 6.22. The number of pyridine rings is 1. The third kappa shape index (κ3) is 3.33. The van der Waals surface area contributed by atoms with Crippen molar-refractivity contribution in [1.29, 1.82) is 0 Å². The summed E-state index contributed by atoms with van der Waals surface area (Å²) in [5.74, 6) is 0.0247. The third-order valence-corrected chi connectivity index (χ3v) is 1.39. The Balaban J connectivity index is 2.59. The lowest BCUT2D eigenvalue weighted by Gasteiger charge is -2.03. The number of aromatic nitrogens is 1. The lowest BCUT2D eigenvalue weighted by molar-refractivity contribution is -0.0501. The van der Waals surface area contributed by atoms with Gasteiger partial charge in [-0.2, -0.15) is 8.78 Å². The fourth-order valence-electron chi connectivity index (χ4n) is 0.846. The van der Waals surface area contributed by atoms with E-state index in [-0.39, 0.29) is 12.4 Å². The van der Waals surface area contributed by atoms with Gasteiger partial charge in [0, 0.05) is 18.7 Å². The molecule has 0 saturated carbocycles. The summed E-state index contributed by atoms with van der Waals surface area (Å²) in [6, 6.07) is 2.93. The summed E-state index contributed by atoms with van der Waals surface area (Å²) in [6.07, 6.45) is 1.62. The predicted molar refractivity (Wildman–Crippen MR) is 41.7 cm³/mol. The van der Waals surface area contributed by atoms with Crippen molar-refractivity contribution in [3.05, 3.63) is 24.0 Å². The molecule has 0 aliphatic carbocycles. The van der Waals surface area contributed by atoms with Crippen LogP contribution in [0.2, 0.25) is 0 Å². The average Bonchev–Trinajstić information content (AvgIpc) is 2.08. The molecule has 1 aromatic heterocycles. The van der Waals surface area contributed by atoms with Crippen LogP contribution in [-0.4, -0.2) is 23.3 Å². The number of hydrogen-bond donors (Lipinski definition) is 1. The maximum atomic E-state index is 11.7. The fraction of sp³-hybridized carbons (Fsp3) is 0.375. The fourth-order valence-corrected chi connectivity index (χ4v) is 0.846. The van der Waals surface area contributed by atoms with Gasteiger partial charge in [-0.15, -0.1) is 0 Å². The first-order valence-corrected chi connectivity index (χ1v) is 3.73. The first kappa shape index (κ1) is 9.85. The van der Waals surface area contributed by atoms with Crippen LogP contribution in [0.1, 0.15) is 5.69 Å². The quantitative estimate of drug-likeness (QED) is 0.774. The van der Waals surface area contributed by atoms with E-state index in [1.165, 1.54) is 18.3 Å². The highest BCUT2D eigenvalue weighted by molar-refractivity contribution is 5.19. The monoisotopic (exact) mass is 189 g/mol. The molecule has 1 aromatic rings. The van der Waals surface area contributed by atoms with Gasteiger partial charge in [0.15, 0.2) is 0 Å². The third-order valence-electron chi connectivity index (χ3n) is 1.39. The van der Waals surface area contributed by atoms with E-state index in [1.807, 2.05) is 0 Å². The minimum Gasteiger partial charge on any atom is -0.433 e. The molecule has 0 unspecified atom stereocenters. The van der Waals surface area contributed by atoms with Gasteiger partial charge in [0.25, 0.3) is 0 Å². The van der Waals surface area contributed by atoms with E-state index < -0.39 is 6.61 Å². The van der Waals surface area contributed by atoms with E-state index in [4.69, 9.17) is 5.11 Å². The minimum absolute atomic E-state index is 0.0119. The van der Waals surface area contributed by atoms with Crippen LogP contribution >= 0.6 is 0 Å². The lowest BCUT2D eigenvalue weighted by atomic mass is 10.3. The Kier molecular flexibility index (Phi) is 3.57. The number of rotatable bonds is 4. The van der Waals surface area contributed by atoms with Gasteiger partial charge in [0.05, 0.1) is 6.20 Å². The molecule has 1 rings (SSSR count). The highest BCUT2D eigenvalue weighted by Gasteiger charge is 2.03. The van der Waals surface area contributed by atoms with Crippen LogP contribution in [0.4, 0.5) is 8.78 Å². The van der Waals surface area contributed by atoms with Gasteiger partial charge in [-0.05, 0) is 12.1 Å². The molecule has 0 aliphatic heterocycles. The van der Waals surface area contributed by atoms with Crippen molar-refractivity contribution in [2.45, 2.75) is 13.0 Å². The Labute approximate surface area is 74.0 Å². The zero-order chi connectivity index (χ0) is 9.68. The molecule has 3 nitrogen and oxygen atoms in total. The van der Waals surface area contributed by atoms with Gasteiger partial charge in [0.1, 0.15) is 5.75 Å². The summed E-state index contributed by atoms with van der Waals surface area (Å²) in [7, 11) is 0. The molecule has 0 fully saturated rings. The van der Waals surface area contributed by atoms with E-state index in [9.17, 15) is 8.78 Å². The van der Waals surface area contributed by atoms with Gasteiger partial charge >= 0.3 is 6.61 Å². The molecule has 0 amide bonds. The zero-order valence-electron chi connectivity index (χ0n) is 6.78. The molecule has 0 atom stereocenters. The van der Waals surface area contributed by atoms with Crippen molar-refractivity contribution in [1.82, 2.24) is 4.98 Å². The molecule has 72 valence electrons. The van der Waals surface area contributed by atoms with Crippen LogP contribution in [0.5, 0.6) is 5.75 Å². The van der Waals surface area contributed by atoms with Crippen molar-refractivity contribution >= 4 is 0 Å². The van der Waals surface area contributed by atoms with Crippen molar-refractivity contribution < 1.29 is 18.6 Å². The zero-order valence-corrected chi connectivity index (χ0v) is 6.78. The largest absolute Gasteiger partial charge is 0.433 e. The van der Waals surface area contributed by atoms with E-state index >= 15 is 0 Å². The summed E-state index contributed by atoms with van der Waals surface area (Å²) in [5, 5.41) is 8.54. The van der Waals surface area contributed by atoms with Crippen LogP contribution in [0, 0.1) is 0 Å². The smallest absolute Gasteiger partial charge is 0.387 e. The van der Waals surface area contributed by atoms with E-state index in [2.05, 4.69) is 9.72 Å². The molecule has 0 bridgehead atoms. The molecule has 5 heteroatoms. The van der Waals surface area contributed by atoms with Crippen molar-refractivity contribution in [3.63, 3.8) is 0 Å². The molecular weight excluding hydrogens is 180 g/mol. The molecule has 0 spiro atoms. The SMILES string of the molecule is OCCc1ccc(OC(F)F)cn1. The summed E-state index contributed by atoms with van der Waals surface area (Å²) in [6.45, 7) is -2.84. The summed E-state index contributed by atoms with van der Waals surface area (Å²) in [4.78, 5) is 3.80. The van der Waals surface area contributed by atoms with Crippen LogP contribution < -0.4 is 4.74 Å². The molecule has 1 N–H and O–H groups in total. The van der Waals surface area contributed by atoms with Crippen LogP contribution in [0.3, 0.4) is 0 Å². The Morgan fingerprint density at radius 2 is 2.23 bits per heavy atom. The number of aliphatic hydroxyl groups is 1. The van der Waals surface area contributed by atoms with Gasteiger partial charge in [-0.1, -0.05) is 0 Å². The average molecular weight is 189 g/mol. The Hall–Kier alpha value is -1.23. The second-order valence-electron chi connectivity index (χ2n) is 2.34. The molecule has 1 heterocycles. The molecule has 0 aliphatic rings. The van der Waals surface area contributed by atoms with Crippen molar-refractivity contribution in [2.24, 2.45) is 0 Å². The van der Waals surface area contributed by atoms with Crippen LogP contribution in [0.15, 0.2) is 18.3 Å². The van der Waals surface area contributed by atoms with Gasteiger partial charge in [-0.3, -0.25) is 4.98 Å². The van der Waals surface area contributed by atoms with E-state index in [1.54, 1.807) is 0 Å². The van der Waals surface area contributed by atoms with Gasteiger partial charge in [0.2, 0.25) is 0 Å². The molecule has 0 saturated heterocycles. The molecule has 0 aromatic carbocycles. The van der Waals surface area contributed by atoms with Crippen LogP contribution in [0.25, 0.3) is 0 Å². The Bertz CT molecular complexity index is 251. The standard InChI is InChI=1S/C8H9F2NO2/c9-8(10)13-7-2-1-6(3-4-12)11-5-7/h1-2,5,8,12H,3-4H2.